The lowest BCUT2D eigenvalue weighted by Crippen LogP contribution is -2.21. The Morgan fingerprint density at radius 2 is 1.61 bits per heavy atom. The van der Waals surface area contributed by atoms with Gasteiger partial charge in [-0.15, -0.1) is 0 Å². The second-order valence-electron chi connectivity index (χ2n) is 5.64. The number of nitrogens with one attached hydrogen (secondary N) is 1. The number of H-pyrrole nitrogens is 1. The SMILES string of the molecule is NCCc1c(-c2ccc(F)cc2)[nH]c2c(F)cc(F)cc12.O=C(O)C(F)(F)F. The van der Waals surface area contributed by atoms with Crippen LogP contribution >= 0.6 is 0 Å². The van der Waals surface area contributed by atoms with Crippen LogP contribution in [0.15, 0.2) is 36.4 Å². The Balaban J connectivity index is 0.000000345. The largest absolute Gasteiger partial charge is 0.490 e. The van der Waals surface area contributed by atoms with E-state index in [0.29, 0.717) is 29.6 Å². The molecular formula is C18H14F6N2O2. The van der Waals surface area contributed by atoms with Crippen LogP contribution < -0.4 is 5.73 Å². The first-order valence-electron chi connectivity index (χ1n) is 7.80. The zero-order valence-electron chi connectivity index (χ0n) is 14.1. The van der Waals surface area contributed by atoms with Crippen molar-refractivity contribution in [1.29, 1.82) is 0 Å². The summed E-state index contributed by atoms with van der Waals surface area (Å²) in [5.74, 6) is -4.40. The van der Waals surface area contributed by atoms with Gasteiger partial charge in [0.1, 0.15) is 17.5 Å². The number of aromatic amines is 1. The van der Waals surface area contributed by atoms with Crippen molar-refractivity contribution in [3.8, 4) is 11.3 Å². The molecular weight excluding hydrogens is 390 g/mol. The quantitative estimate of drug-likeness (QED) is 0.567. The maximum atomic E-state index is 13.9. The molecule has 0 aliphatic heterocycles. The fourth-order valence-electron chi connectivity index (χ4n) is 2.54. The standard InChI is InChI=1S/C16H13F3N2.C2HF3O2/c17-10-3-1-9(2-4-10)15-12(5-6-20)13-7-11(18)8-14(19)16(13)21-15;3-2(4,5)1(6)7/h1-4,7-8,21H,5-6,20H2;(H,6,7). The molecule has 1 heterocycles. The van der Waals surface area contributed by atoms with E-state index in [0.717, 1.165) is 11.6 Å². The minimum atomic E-state index is -5.08. The number of alkyl halides is 3. The number of benzene rings is 2. The number of nitrogens with two attached hydrogens (primary N) is 1. The number of halogens is 6. The highest BCUT2D eigenvalue weighted by Crippen LogP contribution is 2.32. The molecule has 3 aromatic rings. The van der Waals surface area contributed by atoms with Gasteiger partial charge in [0.2, 0.25) is 0 Å². The lowest BCUT2D eigenvalue weighted by Gasteiger charge is -2.04. The number of hydrogen-bond donors (Lipinski definition) is 3. The van der Waals surface area contributed by atoms with Crippen LogP contribution in [0.1, 0.15) is 5.56 Å². The maximum absolute atomic E-state index is 13.9. The number of carbonyl (C=O) groups is 1. The maximum Gasteiger partial charge on any atom is 0.490 e. The molecule has 0 saturated heterocycles. The summed E-state index contributed by atoms with van der Waals surface area (Å²) in [5, 5.41) is 7.59. The molecule has 0 saturated carbocycles. The van der Waals surface area contributed by atoms with E-state index in [4.69, 9.17) is 15.6 Å². The Hall–Kier alpha value is -3.01. The van der Waals surface area contributed by atoms with Gasteiger partial charge in [-0.25, -0.2) is 18.0 Å². The second kappa shape index (κ2) is 8.34. The Kier molecular flexibility index (Phi) is 6.34. The van der Waals surface area contributed by atoms with Crippen LogP contribution in [0.4, 0.5) is 26.3 Å². The third-order valence-corrected chi connectivity index (χ3v) is 3.70. The minimum absolute atomic E-state index is 0.235. The Morgan fingerprint density at radius 1 is 1.04 bits per heavy atom. The molecule has 0 bridgehead atoms. The zero-order valence-corrected chi connectivity index (χ0v) is 14.1. The molecule has 2 aromatic carbocycles. The van der Waals surface area contributed by atoms with Crippen molar-refractivity contribution < 1.29 is 36.2 Å². The number of carboxylic acid groups (broad SMARTS) is 1. The first kappa shape index (κ1) is 21.3. The van der Waals surface area contributed by atoms with Crippen LogP contribution in [-0.2, 0) is 11.2 Å². The van der Waals surface area contributed by atoms with Crippen molar-refractivity contribution in [2.45, 2.75) is 12.6 Å². The molecule has 10 heteroatoms. The molecule has 0 atom stereocenters. The van der Waals surface area contributed by atoms with E-state index in [2.05, 4.69) is 4.98 Å². The van der Waals surface area contributed by atoms with E-state index < -0.39 is 23.8 Å². The summed E-state index contributed by atoms with van der Waals surface area (Å²) in [7, 11) is 0. The van der Waals surface area contributed by atoms with Crippen molar-refractivity contribution in [3.05, 3.63) is 59.4 Å². The highest BCUT2D eigenvalue weighted by atomic mass is 19.4. The van der Waals surface area contributed by atoms with E-state index in [1.165, 1.54) is 18.2 Å². The number of aromatic nitrogens is 1. The topological polar surface area (TPSA) is 79.1 Å². The van der Waals surface area contributed by atoms with E-state index >= 15 is 0 Å². The molecule has 0 fully saturated rings. The van der Waals surface area contributed by atoms with Crippen molar-refractivity contribution in [3.63, 3.8) is 0 Å². The number of aliphatic carboxylic acids is 1. The Morgan fingerprint density at radius 3 is 2.11 bits per heavy atom. The molecule has 0 aliphatic carbocycles. The number of hydrogen-bond acceptors (Lipinski definition) is 2. The van der Waals surface area contributed by atoms with Gasteiger partial charge in [0.15, 0.2) is 0 Å². The summed E-state index contributed by atoms with van der Waals surface area (Å²) in [6, 6.07) is 7.95. The van der Waals surface area contributed by atoms with Crippen LogP contribution in [0.5, 0.6) is 0 Å². The second-order valence-corrected chi connectivity index (χ2v) is 5.64. The molecule has 4 N–H and O–H groups in total. The third-order valence-electron chi connectivity index (χ3n) is 3.70. The van der Waals surface area contributed by atoms with Gasteiger partial charge in [0, 0.05) is 17.1 Å². The fourth-order valence-corrected chi connectivity index (χ4v) is 2.54. The average molecular weight is 404 g/mol. The highest BCUT2D eigenvalue weighted by Gasteiger charge is 2.38. The van der Waals surface area contributed by atoms with Gasteiger partial charge >= 0.3 is 12.1 Å². The molecule has 0 unspecified atom stereocenters. The molecule has 3 rings (SSSR count). The zero-order chi connectivity index (χ0) is 21.1. The van der Waals surface area contributed by atoms with Gasteiger partial charge in [-0.1, -0.05) is 0 Å². The van der Waals surface area contributed by atoms with Crippen molar-refractivity contribution in [2.75, 3.05) is 6.54 Å². The molecule has 1 aromatic heterocycles. The van der Waals surface area contributed by atoms with Gasteiger partial charge in [-0.2, -0.15) is 13.2 Å². The number of rotatable bonds is 3. The van der Waals surface area contributed by atoms with Crippen LogP contribution in [0.3, 0.4) is 0 Å². The third kappa shape index (κ3) is 4.83. The van der Waals surface area contributed by atoms with Gasteiger partial charge in [0.05, 0.1) is 5.52 Å². The van der Waals surface area contributed by atoms with Gasteiger partial charge < -0.3 is 15.8 Å². The predicted octanol–water partition coefficient (Wildman–Crippen LogP) is 4.39. The molecule has 0 aliphatic rings. The molecule has 0 amide bonds. The van der Waals surface area contributed by atoms with Gasteiger partial charge in [0.25, 0.3) is 0 Å². The van der Waals surface area contributed by atoms with Crippen LogP contribution in [0.2, 0.25) is 0 Å². The number of carboxylic acids is 1. The summed E-state index contributed by atoms with van der Waals surface area (Å²) >= 11 is 0. The lowest BCUT2D eigenvalue weighted by atomic mass is 10.0. The summed E-state index contributed by atoms with van der Waals surface area (Å²) in [6.07, 6.45) is -4.62. The van der Waals surface area contributed by atoms with Crippen LogP contribution in [0, 0.1) is 17.5 Å². The Bertz CT molecular complexity index is 980. The van der Waals surface area contributed by atoms with E-state index in [-0.39, 0.29) is 11.3 Å². The van der Waals surface area contributed by atoms with E-state index in [9.17, 15) is 26.3 Å². The molecule has 150 valence electrons. The average Bonchev–Trinajstić information content (AvgIpc) is 2.95. The molecule has 4 nitrogen and oxygen atoms in total. The molecule has 0 radical (unpaired) electrons. The van der Waals surface area contributed by atoms with Gasteiger partial charge in [-0.3, -0.25) is 0 Å². The first-order valence-corrected chi connectivity index (χ1v) is 7.80. The lowest BCUT2D eigenvalue weighted by molar-refractivity contribution is -0.192. The van der Waals surface area contributed by atoms with Crippen molar-refractivity contribution in [2.24, 2.45) is 5.73 Å². The van der Waals surface area contributed by atoms with E-state index in [1.807, 2.05) is 0 Å². The van der Waals surface area contributed by atoms with Crippen LogP contribution in [0.25, 0.3) is 22.2 Å². The predicted molar refractivity (Wildman–Crippen MR) is 90.1 cm³/mol. The first-order chi connectivity index (χ1) is 13.0. The monoisotopic (exact) mass is 404 g/mol. The highest BCUT2D eigenvalue weighted by molar-refractivity contribution is 5.91. The van der Waals surface area contributed by atoms with Crippen LogP contribution in [-0.4, -0.2) is 28.8 Å². The van der Waals surface area contributed by atoms with Gasteiger partial charge in [-0.05, 0) is 54.4 Å². The molecule has 28 heavy (non-hydrogen) atoms. The summed E-state index contributed by atoms with van der Waals surface area (Å²) < 4.78 is 72.1. The number of fused-ring (bicyclic) bond motifs is 1. The summed E-state index contributed by atoms with van der Waals surface area (Å²) in [6.45, 7) is 0.347. The van der Waals surface area contributed by atoms with Crippen molar-refractivity contribution in [1.82, 2.24) is 4.98 Å². The smallest absolute Gasteiger partial charge is 0.475 e. The summed E-state index contributed by atoms with van der Waals surface area (Å²) in [5.41, 5.74) is 7.91. The normalized spacial score (nSPS) is 11.2. The molecule has 0 spiro atoms. The van der Waals surface area contributed by atoms with E-state index in [1.54, 1.807) is 12.1 Å². The van der Waals surface area contributed by atoms with Crippen molar-refractivity contribution >= 4 is 16.9 Å². The summed E-state index contributed by atoms with van der Waals surface area (Å²) in [4.78, 5) is 11.9. The Labute approximate surface area is 154 Å². The minimum Gasteiger partial charge on any atom is -0.475 e. The fraction of sp³-hybridized carbons (Fsp3) is 0.167.